The zero-order valence-corrected chi connectivity index (χ0v) is 5.79. The van der Waals surface area contributed by atoms with Crippen LogP contribution in [-0.2, 0) is 0 Å². The first kappa shape index (κ1) is 33.3. The summed E-state index contributed by atoms with van der Waals surface area (Å²) in [6.07, 6.45) is 0. The number of rotatable bonds is 1. The highest BCUT2D eigenvalue weighted by Crippen LogP contribution is 1.24. The minimum absolute atomic E-state index is 0. The predicted octanol–water partition coefficient (Wildman–Crippen LogP) is -0.860. The molecule has 1 radical (unpaired) electrons. The van der Waals surface area contributed by atoms with Gasteiger partial charge in [0.25, 0.3) is 0 Å². The number of hydrogen-bond acceptors (Lipinski definition) is 3. The second kappa shape index (κ2) is 71.5. The third-order valence-electron chi connectivity index (χ3n) is 0.167. The molecule has 0 aromatic heterocycles. The molecule has 6 N–H and O–H groups in total. The smallest absolute Gasteiger partial charge is 0.00461 e. The molecular formula is C4H17F3N3. The Morgan fingerprint density at radius 2 is 0.900 bits per heavy atom. The molecule has 0 rings (SSSR count). The highest BCUT2D eigenvalue weighted by Gasteiger charge is 1.54. The molecule has 0 bridgehead atoms. The van der Waals surface area contributed by atoms with Gasteiger partial charge in [-0.15, -0.1) is 0 Å². The molecule has 0 aromatic rings. The van der Waals surface area contributed by atoms with Gasteiger partial charge in [0.15, 0.2) is 0 Å². The Balaban J connectivity index is -0.0000000131. The first-order valence-corrected chi connectivity index (χ1v) is 2.22. The molecule has 10 heavy (non-hydrogen) atoms. The van der Waals surface area contributed by atoms with Crippen LogP contribution >= 0.6 is 0 Å². The molecule has 0 aliphatic rings. The van der Waals surface area contributed by atoms with Gasteiger partial charge in [0.2, 0.25) is 0 Å². The van der Waals surface area contributed by atoms with Crippen molar-refractivity contribution in [3.63, 3.8) is 0 Å². The van der Waals surface area contributed by atoms with Gasteiger partial charge in [-0.2, -0.15) is 0 Å². The van der Waals surface area contributed by atoms with E-state index in [0.29, 0.717) is 19.6 Å². The third kappa shape index (κ3) is 760. The first-order chi connectivity index (χ1) is 3.33. The van der Waals surface area contributed by atoms with Crippen LogP contribution in [0.1, 0.15) is 0 Å². The van der Waals surface area contributed by atoms with Crippen molar-refractivity contribution < 1.29 is 14.1 Å². The fraction of sp³-hybridized carbons (Fsp3) is 0.750. The molecule has 6 heteroatoms. The van der Waals surface area contributed by atoms with Crippen LogP contribution in [-0.4, -0.2) is 19.6 Å². The van der Waals surface area contributed by atoms with E-state index in [2.05, 4.69) is 6.92 Å². The third-order valence-corrected chi connectivity index (χ3v) is 0.167. The Morgan fingerprint density at radius 1 is 0.800 bits per heavy atom. The maximum Gasteiger partial charge on any atom is 0.00461 e. The molecule has 0 aliphatic carbocycles. The van der Waals surface area contributed by atoms with E-state index in [1.807, 2.05) is 0 Å². The summed E-state index contributed by atoms with van der Waals surface area (Å²) in [4.78, 5) is 0. The topological polar surface area (TPSA) is 78.1 Å². The molecule has 0 fully saturated rings. The fourth-order valence-corrected chi connectivity index (χ4v) is 0. The Bertz CT molecular complexity index is 23.2. The molecule has 0 spiro atoms. The van der Waals surface area contributed by atoms with Gasteiger partial charge < -0.3 is 17.2 Å². The van der Waals surface area contributed by atoms with E-state index in [-0.39, 0.29) is 14.1 Å². The molecule has 0 heterocycles. The largest absolute Gasteiger partial charge is 0.330 e. The average Bonchev–Trinajstić information content (AvgIpc) is 1.69. The maximum atomic E-state index is 4.90. The summed E-state index contributed by atoms with van der Waals surface area (Å²) >= 11 is 0. The summed E-state index contributed by atoms with van der Waals surface area (Å²) in [6, 6.07) is 0. The lowest BCUT2D eigenvalue weighted by Crippen LogP contribution is -2.11. The normalized spacial score (nSPS) is 4.80. The van der Waals surface area contributed by atoms with Crippen LogP contribution in [0.4, 0.5) is 14.1 Å². The Kier molecular flexibility index (Phi) is 238. The van der Waals surface area contributed by atoms with Crippen molar-refractivity contribution in [2.75, 3.05) is 19.6 Å². The van der Waals surface area contributed by atoms with Crippen molar-refractivity contribution in [2.24, 2.45) is 17.2 Å². The van der Waals surface area contributed by atoms with Crippen LogP contribution < -0.4 is 17.2 Å². The Labute approximate surface area is 59.0 Å². The minimum atomic E-state index is 0. The summed E-state index contributed by atoms with van der Waals surface area (Å²) in [7, 11) is 0. The molecule has 0 aliphatic heterocycles. The number of nitrogens with two attached hydrogens (primary N) is 3. The van der Waals surface area contributed by atoms with Crippen LogP contribution in [0.25, 0.3) is 0 Å². The van der Waals surface area contributed by atoms with E-state index in [1.165, 1.54) is 0 Å². The standard InChI is InChI=1S/C2H8N2.C2H6N.3FH/c3-1-2-4;1-2-3;;;/h1-4H2;1-3H2;3*1H. The molecule has 0 saturated carbocycles. The van der Waals surface area contributed by atoms with Crippen molar-refractivity contribution in [1.29, 1.82) is 0 Å². The van der Waals surface area contributed by atoms with Gasteiger partial charge in [0, 0.05) is 13.1 Å². The van der Waals surface area contributed by atoms with Crippen molar-refractivity contribution in [3.05, 3.63) is 6.92 Å². The lowest BCUT2D eigenvalue weighted by Gasteiger charge is -1.72. The fourth-order valence-electron chi connectivity index (χ4n) is 0. The number of hydrogen-bond donors (Lipinski definition) is 3. The van der Waals surface area contributed by atoms with E-state index >= 15 is 0 Å². The zero-order valence-electron chi connectivity index (χ0n) is 5.79. The second-order valence-corrected chi connectivity index (χ2v) is 0.866. The van der Waals surface area contributed by atoms with Crippen molar-refractivity contribution in [1.82, 2.24) is 0 Å². The quantitative estimate of drug-likeness (QED) is 0.472. The van der Waals surface area contributed by atoms with E-state index in [1.54, 1.807) is 0 Å². The van der Waals surface area contributed by atoms with Gasteiger partial charge in [0.1, 0.15) is 0 Å². The molecule has 3 nitrogen and oxygen atoms in total. The summed E-state index contributed by atoms with van der Waals surface area (Å²) in [5.41, 5.74) is 14.5. The summed E-state index contributed by atoms with van der Waals surface area (Å²) < 4.78 is 0. The SMILES string of the molecule is F.F.F.NCCN.[CH2]CN. The van der Waals surface area contributed by atoms with E-state index in [0.717, 1.165) is 0 Å². The van der Waals surface area contributed by atoms with Crippen molar-refractivity contribution in [3.8, 4) is 0 Å². The lowest BCUT2D eigenvalue weighted by atomic mass is 10.7. The van der Waals surface area contributed by atoms with Gasteiger partial charge >= 0.3 is 0 Å². The van der Waals surface area contributed by atoms with Crippen LogP contribution in [0.5, 0.6) is 0 Å². The van der Waals surface area contributed by atoms with Gasteiger partial charge in [-0.1, -0.05) is 0 Å². The molecule has 0 unspecified atom stereocenters. The maximum absolute atomic E-state index is 4.90. The second-order valence-electron chi connectivity index (χ2n) is 0.866. The van der Waals surface area contributed by atoms with Gasteiger partial charge in [-0.05, 0) is 13.5 Å². The summed E-state index contributed by atoms with van der Waals surface area (Å²) in [5.74, 6) is 0. The highest BCUT2D eigenvalue weighted by molar-refractivity contribution is 4.26. The van der Waals surface area contributed by atoms with Gasteiger partial charge in [-0.25, -0.2) is 0 Å². The summed E-state index contributed by atoms with van der Waals surface area (Å²) in [6.45, 7) is 4.96. The molecule has 0 amide bonds. The van der Waals surface area contributed by atoms with E-state index in [4.69, 9.17) is 17.2 Å². The number of halogens is 3. The summed E-state index contributed by atoms with van der Waals surface area (Å²) in [5, 5.41) is 0. The van der Waals surface area contributed by atoms with Crippen molar-refractivity contribution in [2.45, 2.75) is 0 Å². The average molecular weight is 164 g/mol. The molecular weight excluding hydrogens is 147 g/mol. The minimum Gasteiger partial charge on any atom is -0.330 e. The Hall–Kier alpha value is -0.330. The first-order valence-electron chi connectivity index (χ1n) is 2.22. The van der Waals surface area contributed by atoms with Crippen molar-refractivity contribution >= 4 is 0 Å². The van der Waals surface area contributed by atoms with E-state index < -0.39 is 0 Å². The van der Waals surface area contributed by atoms with Gasteiger partial charge in [-0.3, -0.25) is 14.1 Å². The predicted molar refractivity (Wildman–Crippen MR) is 40.0 cm³/mol. The highest BCUT2D eigenvalue weighted by atomic mass is 19.0. The van der Waals surface area contributed by atoms with Crippen LogP contribution in [0.2, 0.25) is 0 Å². The molecule has 0 saturated heterocycles. The molecule has 0 atom stereocenters. The lowest BCUT2D eigenvalue weighted by molar-refractivity contribution is 0.976. The van der Waals surface area contributed by atoms with Gasteiger partial charge in [0.05, 0.1) is 0 Å². The van der Waals surface area contributed by atoms with Crippen LogP contribution in [0.3, 0.4) is 0 Å². The zero-order chi connectivity index (χ0) is 6.12. The van der Waals surface area contributed by atoms with E-state index in [9.17, 15) is 0 Å². The molecule has 69 valence electrons. The van der Waals surface area contributed by atoms with Crippen LogP contribution in [0, 0.1) is 6.92 Å². The monoisotopic (exact) mass is 164 g/mol. The Morgan fingerprint density at radius 3 is 0.900 bits per heavy atom. The molecule has 0 aromatic carbocycles. The van der Waals surface area contributed by atoms with Crippen LogP contribution in [0.15, 0.2) is 0 Å².